The van der Waals surface area contributed by atoms with Crippen molar-refractivity contribution < 1.29 is 9.90 Å². The van der Waals surface area contributed by atoms with Gasteiger partial charge in [0.2, 0.25) is 0 Å². The van der Waals surface area contributed by atoms with Crippen LogP contribution < -0.4 is 5.32 Å². The molecule has 27 heavy (non-hydrogen) atoms. The molecule has 1 fully saturated rings. The fourth-order valence-electron chi connectivity index (χ4n) is 4.15. The number of rotatable bonds is 7. The Balaban J connectivity index is 1.92. The zero-order valence-electron chi connectivity index (χ0n) is 16.5. The van der Waals surface area contributed by atoms with Crippen LogP contribution in [-0.2, 0) is 6.42 Å². The van der Waals surface area contributed by atoms with Crippen LogP contribution >= 0.6 is 11.3 Å². The molecule has 1 atom stereocenters. The second-order valence-corrected chi connectivity index (χ2v) is 9.03. The van der Waals surface area contributed by atoms with E-state index in [0.717, 1.165) is 24.4 Å². The lowest BCUT2D eigenvalue weighted by atomic mass is 9.97. The van der Waals surface area contributed by atoms with Gasteiger partial charge < -0.3 is 10.4 Å². The zero-order valence-corrected chi connectivity index (χ0v) is 17.4. The molecule has 1 amide bonds. The maximum atomic E-state index is 12.7. The molecule has 0 unspecified atom stereocenters. The lowest BCUT2D eigenvalue weighted by Gasteiger charge is -2.31. The SMILES string of the molecule is CC(C)CN1CCCCC[C@@H]1Cc1c(C(=O)NCCO)sc2ccccc12. The Morgan fingerprint density at radius 1 is 1.30 bits per heavy atom. The van der Waals surface area contributed by atoms with Gasteiger partial charge in [0.05, 0.1) is 11.5 Å². The Hall–Kier alpha value is -1.43. The Labute approximate surface area is 166 Å². The number of thiophene rings is 1. The van der Waals surface area contributed by atoms with Gasteiger partial charge in [0.25, 0.3) is 5.91 Å². The molecule has 0 bridgehead atoms. The molecule has 0 aliphatic carbocycles. The van der Waals surface area contributed by atoms with Crippen molar-refractivity contribution >= 4 is 27.3 Å². The van der Waals surface area contributed by atoms with Crippen LogP contribution in [0.3, 0.4) is 0 Å². The highest BCUT2D eigenvalue weighted by Crippen LogP contribution is 2.34. The van der Waals surface area contributed by atoms with Gasteiger partial charge in [0, 0.05) is 23.8 Å². The maximum absolute atomic E-state index is 12.7. The van der Waals surface area contributed by atoms with Crippen LogP contribution in [-0.4, -0.2) is 48.2 Å². The summed E-state index contributed by atoms with van der Waals surface area (Å²) in [5.41, 5.74) is 1.19. The third-order valence-corrected chi connectivity index (χ3v) is 6.55. The molecule has 1 aliphatic heterocycles. The van der Waals surface area contributed by atoms with Crippen molar-refractivity contribution in [1.82, 2.24) is 10.2 Å². The predicted molar refractivity (Wildman–Crippen MR) is 114 cm³/mol. The molecule has 2 heterocycles. The fourth-order valence-corrected chi connectivity index (χ4v) is 5.30. The molecule has 2 N–H and O–H groups in total. The third kappa shape index (κ3) is 5.09. The highest BCUT2D eigenvalue weighted by molar-refractivity contribution is 7.21. The number of amides is 1. The predicted octanol–water partition coefficient (Wildman–Crippen LogP) is 4.07. The van der Waals surface area contributed by atoms with E-state index in [0.29, 0.717) is 18.5 Å². The topological polar surface area (TPSA) is 52.6 Å². The van der Waals surface area contributed by atoms with Crippen molar-refractivity contribution in [3.05, 3.63) is 34.7 Å². The van der Waals surface area contributed by atoms with Crippen molar-refractivity contribution in [1.29, 1.82) is 0 Å². The van der Waals surface area contributed by atoms with E-state index >= 15 is 0 Å². The molecule has 0 saturated carbocycles. The summed E-state index contributed by atoms with van der Waals surface area (Å²) in [6.07, 6.45) is 5.98. The number of likely N-dealkylation sites (tertiary alicyclic amines) is 1. The van der Waals surface area contributed by atoms with E-state index in [9.17, 15) is 4.79 Å². The van der Waals surface area contributed by atoms with Crippen molar-refractivity contribution in [3.63, 3.8) is 0 Å². The highest BCUT2D eigenvalue weighted by atomic mass is 32.1. The summed E-state index contributed by atoms with van der Waals surface area (Å²) in [5, 5.41) is 13.1. The average Bonchev–Trinajstić information content (AvgIpc) is 2.88. The molecule has 0 spiro atoms. The van der Waals surface area contributed by atoms with Crippen LogP contribution in [0.15, 0.2) is 24.3 Å². The van der Waals surface area contributed by atoms with Crippen LogP contribution in [0.25, 0.3) is 10.1 Å². The van der Waals surface area contributed by atoms with Crippen LogP contribution in [0.4, 0.5) is 0 Å². The van der Waals surface area contributed by atoms with Crippen LogP contribution in [0.1, 0.15) is 54.8 Å². The molecule has 1 aliphatic rings. The summed E-state index contributed by atoms with van der Waals surface area (Å²) in [6, 6.07) is 8.85. The lowest BCUT2D eigenvalue weighted by Crippen LogP contribution is -2.39. The van der Waals surface area contributed by atoms with Crippen molar-refractivity contribution in [2.75, 3.05) is 26.2 Å². The van der Waals surface area contributed by atoms with Gasteiger partial charge in [0.1, 0.15) is 0 Å². The monoisotopic (exact) mass is 388 g/mol. The highest BCUT2D eigenvalue weighted by Gasteiger charge is 2.26. The summed E-state index contributed by atoms with van der Waals surface area (Å²) < 4.78 is 1.17. The molecule has 1 aromatic heterocycles. The molecular weight excluding hydrogens is 356 g/mol. The molecule has 4 nitrogen and oxygen atoms in total. The number of carbonyl (C=O) groups excluding carboxylic acids is 1. The van der Waals surface area contributed by atoms with E-state index in [1.165, 1.54) is 41.3 Å². The number of aliphatic hydroxyl groups is 1. The van der Waals surface area contributed by atoms with Gasteiger partial charge in [-0.3, -0.25) is 9.69 Å². The van der Waals surface area contributed by atoms with Gasteiger partial charge in [0.15, 0.2) is 0 Å². The van der Waals surface area contributed by atoms with Crippen molar-refractivity contribution in [2.45, 2.75) is 52.0 Å². The van der Waals surface area contributed by atoms with E-state index in [1.807, 2.05) is 6.07 Å². The first-order valence-corrected chi connectivity index (χ1v) is 11.0. The minimum atomic E-state index is -0.0516. The molecule has 148 valence electrons. The summed E-state index contributed by atoms with van der Waals surface area (Å²) in [5.74, 6) is 0.599. The fraction of sp³-hybridized carbons (Fsp3) is 0.591. The molecule has 3 rings (SSSR count). The largest absolute Gasteiger partial charge is 0.395 e. The van der Waals surface area contributed by atoms with E-state index < -0.39 is 0 Å². The average molecular weight is 389 g/mol. The number of hydrogen-bond acceptors (Lipinski definition) is 4. The number of fused-ring (bicyclic) bond motifs is 1. The number of nitrogens with one attached hydrogen (secondary N) is 1. The smallest absolute Gasteiger partial charge is 0.261 e. The normalized spacial score (nSPS) is 18.7. The second-order valence-electron chi connectivity index (χ2n) is 7.98. The second kappa shape index (κ2) is 9.67. The van der Waals surface area contributed by atoms with Gasteiger partial charge in [-0.15, -0.1) is 11.3 Å². The lowest BCUT2D eigenvalue weighted by molar-refractivity contribution is 0.0947. The molecule has 2 aromatic rings. The summed E-state index contributed by atoms with van der Waals surface area (Å²) in [7, 11) is 0. The van der Waals surface area contributed by atoms with E-state index in [2.05, 4.69) is 42.3 Å². The van der Waals surface area contributed by atoms with Crippen LogP contribution in [0.2, 0.25) is 0 Å². The quantitative estimate of drug-likeness (QED) is 0.752. The molecule has 1 aromatic carbocycles. The summed E-state index contributed by atoms with van der Waals surface area (Å²) in [6.45, 7) is 7.13. The number of hydrogen-bond donors (Lipinski definition) is 2. The van der Waals surface area contributed by atoms with E-state index in [-0.39, 0.29) is 12.5 Å². The van der Waals surface area contributed by atoms with Crippen molar-refractivity contribution in [2.24, 2.45) is 5.92 Å². The molecule has 0 radical (unpaired) electrons. The number of aliphatic hydroxyl groups excluding tert-OH is 1. The number of carbonyl (C=O) groups is 1. The standard InChI is InChI=1S/C22H32N2O2S/c1-16(2)15-24-12-7-3-4-8-17(24)14-19-18-9-5-6-10-20(18)27-21(19)22(26)23-11-13-25/h5-6,9-10,16-17,25H,3-4,7-8,11-15H2,1-2H3,(H,23,26)/t17-/m1/s1. The zero-order chi connectivity index (χ0) is 19.2. The summed E-state index contributed by atoms with van der Waals surface area (Å²) >= 11 is 1.58. The Kier molecular flexibility index (Phi) is 7.27. The van der Waals surface area contributed by atoms with Crippen LogP contribution in [0.5, 0.6) is 0 Å². The molecule has 1 saturated heterocycles. The maximum Gasteiger partial charge on any atom is 0.261 e. The van der Waals surface area contributed by atoms with Gasteiger partial charge in [-0.2, -0.15) is 0 Å². The van der Waals surface area contributed by atoms with E-state index in [1.54, 1.807) is 11.3 Å². The molecular formula is C22H32N2O2S. The van der Waals surface area contributed by atoms with Crippen LogP contribution in [0, 0.1) is 5.92 Å². The minimum absolute atomic E-state index is 0.0310. The summed E-state index contributed by atoms with van der Waals surface area (Å²) in [4.78, 5) is 16.2. The minimum Gasteiger partial charge on any atom is -0.395 e. The first-order chi connectivity index (χ1) is 13.1. The Morgan fingerprint density at radius 2 is 2.11 bits per heavy atom. The Morgan fingerprint density at radius 3 is 2.89 bits per heavy atom. The van der Waals surface area contributed by atoms with Gasteiger partial charge in [-0.05, 0) is 48.7 Å². The first kappa shape index (κ1) is 20.3. The molecule has 5 heteroatoms. The first-order valence-electron chi connectivity index (χ1n) is 10.2. The van der Waals surface area contributed by atoms with E-state index in [4.69, 9.17) is 5.11 Å². The van der Waals surface area contributed by atoms with Gasteiger partial charge >= 0.3 is 0 Å². The van der Waals surface area contributed by atoms with Gasteiger partial charge in [-0.1, -0.05) is 44.9 Å². The van der Waals surface area contributed by atoms with Crippen molar-refractivity contribution in [3.8, 4) is 0 Å². The third-order valence-electron chi connectivity index (χ3n) is 5.34. The Bertz CT molecular complexity index is 756. The number of benzene rings is 1. The van der Waals surface area contributed by atoms with Gasteiger partial charge in [-0.25, -0.2) is 0 Å². The number of nitrogens with zero attached hydrogens (tertiary/aromatic N) is 1.